The van der Waals surface area contributed by atoms with E-state index in [9.17, 15) is 19.5 Å². The highest BCUT2D eigenvalue weighted by Crippen LogP contribution is 2.40. The number of β-lactam (4-membered cyclic amide) rings is 1. The van der Waals surface area contributed by atoms with Crippen LogP contribution in [-0.4, -0.2) is 62.0 Å². The molecule has 12 nitrogen and oxygen atoms in total. The van der Waals surface area contributed by atoms with Gasteiger partial charge in [0, 0.05) is 34.8 Å². The minimum absolute atomic E-state index is 0.0369. The summed E-state index contributed by atoms with van der Waals surface area (Å²) in [6.07, 6.45) is 6.67. The zero-order valence-electron chi connectivity index (χ0n) is 19.9. The van der Waals surface area contributed by atoms with Crippen molar-refractivity contribution in [2.24, 2.45) is 5.16 Å². The van der Waals surface area contributed by atoms with Gasteiger partial charge in [-0.2, -0.15) is 13.9 Å². The molecule has 0 bridgehead atoms. The van der Waals surface area contributed by atoms with Crippen molar-refractivity contribution in [3.8, 4) is 0 Å². The van der Waals surface area contributed by atoms with Crippen LogP contribution in [0.15, 0.2) is 46.9 Å². The number of rotatable bonds is 8. The molecular formula is C23H23N7O5S2. The predicted octanol–water partition coefficient (Wildman–Crippen LogP) is -0.922. The summed E-state index contributed by atoms with van der Waals surface area (Å²) in [5.74, 6) is -1.98. The first kappa shape index (κ1) is 24.9. The zero-order chi connectivity index (χ0) is 26.3. The molecule has 2 unspecified atom stereocenters. The van der Waals surface area contributed by atoms with E-state index in [-0.39, 0.29) is 22.4 Å². The molecule has 2 amide bonds. The van der Waals surface area contributed by atoms with Gasteiger partial charge in [-0.3, -0.25) is 14.5 Å². The third kappa shape index (κ3) is 4.46. The first-order chi connectivity index (χ1) is 17.8. The molecule has 1 fully saturated rings. The van der Waals surface area contributed by atoms with Crippen molar-refractivity contribution in [3.05, 3.63) is 58.8 Å². The van der Waals surface area contributed by atoms with E-state index in [0.29, 0.717) is 23.8 Å². The van der Waals surface area contributed by atoms with E-state index >= 15 is 0 Å². The Morgan fingerprint density at radius 3 is 2.95 bits per heavy atom. The number of carboxylic acid groups (broad SMARTS) is 1. The minimum atomic E-state index is -1.45. The normalized spacial score (nSPS) is 22.8. The highest BCUT2D eigenvalue weighted by Gasteiger charge is 2.53. The molecule has 3 atom stereocenters. The number of nitrogen functional groups attached to an aromatic ring is 1. The first-order valence-electron chi connectivity index (χ1n) is 11.4. The van der Waals surface area contributed by atoms with Crippen LogP contribution in [0.5, 0.6) is 0 Å². The van der Waals surface area contributed by atoms with Gasteiger partial charge in [-0.05, 0) is 24.1 Å². The van der Waals surface area contributed by atoms with Gasteiger partial charge in [-0.25, -0.2) is 0 Å². The number of carboxylic acids is 1. The quantitative estimate of drug-likeness (QED) is 0.186. The summed E-state index contributed by atoms with van der Waals surface area (Å²) in [4.78, 5) is 47.6. The fourth-order valence-electron chi connectivity index (χ4n) is 4.72. The van der Waals surface area contributed by atoms with Crippen molar-refractivity contribution in [2.45, 2.75) is 37.2 Å². The number of amides is 2. The summed E-state index contributed by atoms with van der Waals surface area (Å²) >= 11 is 2.23. The maximum atomic E-state index is 13.0. The lowest BCUT2D eigenvalue weighted by molar-refractivity contribution is -0.698. The Labute approximate surface area is 220 Å². The maximum Gasteiger partial charge on any atom is 0.278 e. The molecule has 4 heterocycles. The van der Waals surface area contributed by atoms with Crippen molar-refractivity contribution >= 4 is 51.9 Å². The number of nitrogens with zero attached hydrogens (tertiary/aromatic N) is 5. The molecule has 3 aliphatic rings. The fraction of sp³-hybridized carbons (Fsp3) is 0.348. The molecule has 37 heavy (non-hydrogen) atoms. The molecule has 0 aromatic carbocycles. The van der Waals surface area contributed by atoms with E-state index < -0.39 is 29.2 Å². The van der Waals surface area contributed by atoms with Crippen LogP contribution in [0.3, 0.4) is 0 Å². The summed E-state index contributed by atoms with van der Waals surface area (Å²) in [5.41, 5.74) is 8.24. The van der Waals surface area contributed by atoms with Crippen molar-refractivity contribution < 1.29 is 28.9 Å². The van der Waals surface area contributed by atoms with Gasteiger partial charge < -0.3 is 25.8 Å². The lowest BCUT2D eigenvalue weighted by Gasteiger charge is -2.50. The van der Waals surface area contributed by atoms with Crippen LogP contribution in [-0.2, 0) is 32.2 Å². The Kier molecular flexibility index (Phi) is 6.69. The second-order valence-corrected chi connectivity index (χ2v) is 10.6. The Morgan fingerprint density at radius 2 is 2.27 bits per heavy atom. The Morgan fingerprint density at radius 1 is 1.46 bits per heavy atom. The van der Waals surface area contributed by atoms with Crippen LogP contribution in [0.25, 0.3) is 0 Å². The van der Waals surface area contributed by atoms with Crippen molar-refractivity contribution in [3.63, 3.8) is 0 Å². The zero-order valence-corrected chi connectivity index (χ0v) is 21.5. The predicted molar refractivity (Wildman–Crippen MR) is 133 cm³/mol. The molecule has 14 heteroatoms. The smallest absolute Gasteiger partial charge is 0.278 e. The standard InChI is InChI=1S/C23H23N7O5S2/c1-11-9-12-5-3-7-29(16(11)12)8-4-6-13-10-36-21-15(20(32)30(21)17(13)22(33)34)25-19(31)14(27-35-2)18-26-23(24)37-28-18/h3-7,11,15,21H,8-10H2,1-2H3,(H3-,24,25,26,28,31,33,34)/t11?,15?,21-/m0/s1. The molecule has 0 spiro atoms. The minimum Gasteiger partial charge on any atom is -0.543 e. The van der Waals surface area contributed by atoms with E-state index in [4.69, 9.17) is 10.6 Å². The summed E-state index contributed by atoms with van der Waals surface area (Å²) in [7, 11) is 1.25. The summed E-state index contributed by atoms with van der Waals surface area (Å²) < 4.78 is 6.09. The third-order valence-electron chi connectivity index (χ3n) is 6.34. The van der Waals surface area contributed by atoms with Crippen LogP contribution >= 0.6 is 23.3 Å². The molecule has 5 rings (SSSR count). The van der Waals surface area contributed by atoms with Crippen molar-refractivity contribution in [2.75, 3.05) is 18.6 Å². The number of nitrogens with two attached hydrogens (primary N) is 1. The van der Waals surface area contributed by atoms with Crippen LogP contribution in [0.4, 0.5) is 5.13 Å². The molecule has 192 valence electrons. The number of oxime groups is 1. The monoisotopic (exact) mass is 541 g/mol. The third-order valence-corrected chi connectivity index (χ3v) is 8.19. The molecule has 0 radical (unpaired) electrons. The number of aliphatic carboxylic acids is 1. The van der Waals surface area contributed by atoms with E-state index in [1.54, 1.807) is 6.08 Å². The number of hydrogen-bond acceptors (Lipinski definition) is 11. The largest absolute Gasteiger partial charge is 0.543 e. The number of fused-ring (bicyclic) bond motifs is 2. The van der Waals surface area contributed by atoms with Crippen LogP contribution in [0.2, 0.25) is 0 Å². The molecule has 2 aliphatic heterocycles. The lowest BCUT2D eigenvalue weighted by atomic mass is 9.83. The molecule has 2 aromatic heterocycles. The van der Waals surface area contributed by atoms with Gasteiger partial charge in [0.2, 0.25) is 11.5 Å². The lowest BCUT2D eigenvalue weighted by Crippen LogP contribution is -2.71. The number of carbonyl (C=O) groups is 3. The second kappa shape index (κ2) is 9.94. The summed E-state index contributed by atoms with van der Waals surface area (Å²) in [5, 5.41) is 17.8. The van der Waals surface area contributed by atoms with Gasteiger partial charge in [-0.1, -0.05) is 18.2 Å². The first-order valence-corrected chi connectivity index (χ1v) is 13.2. The van der Waals surface area contributed by atoms with E-state index in [0.717, 1.165) is 22.9 Å². The number of pyridine rings is 1. The summed E-state index contributed by atoms with van der Waals surface area (Å²) in [6, 6.07) is 3.15. The van der Waals surface area contributed by atoms with Crippen molar-refractivity contribution in [1.82, 2.24) is 19.6 Å². The number of carbonyl (C=O) groups excluding carboxylic acids is 3. The number of anilines is 1. The number of thioether (sulfide) groups is 1. The molecule has 3 N–H and O–H groups in total. The van der Waals surface area contributed by atoms with Gasteiger partial charge in [0.25, 0.3) is 11.8 Å². The number of aromatic nitrogens is 3. The number of nitrogens with one attached hydrogen (secondary N) is 1. The molecule has 1 saturated heterocycles. The van der Waals surface area contributed by atoms with E-state index in [1.165, 1.54) is 30.1 Å². The van der Waals surface area contributed by atoms with Gasteiger partial charge in [0.15, 0.2) is 23.6 Å². The van der Waals surface area contributed by atoms with Gasteiger partial charge in [0.05, 0.1) is 11.7 Å². The van der Waals surface area contributed by atoms with Gasteiger partial charge in [-0.15, -0.1) is 11.8 Å². The van der Waals surface area contributed by atoms with Crippen molar-refractivity contribution in [1.29, 1.82) is 0 Å². The van der Waals surface area contributed by atoms with Crippen LogP contribution in [0.1, 0.15) is 29.9 Å². The van der Waals surface area contributed by atoms with E-state index in [1.807, 2.05) is 18.3 Å². The highest BCUT2D eigenvalue weighted by atomic mass is 32.2. The average Bonchev–Trinajstić information content (AvgIpc) is 3.29. The molecule has 0 saturated carbocycles. The van der Waals surface area contributed by atoms with E-state index in [2.05, 4.69) is 37.4 Å². The average molecular weight is 542 g/mol. The number of allylic oxidation sites excluding steroid dienone is 2. The molecular weight excluding hydrogens is 518 g/mol. The summed E-state index contributed by atoms with van der Waals surface area (Å²) in [6.45, 7) is 2.75. The van der Waals surface area contributed by atoms with Crippen LogP contribution < -0.4 is 20.7 Å². The topological polar surface area (TPSA) is 167 Å². The Hall–Kier alpha value is -3.78. The SMILES string of the molecule is CON=C(C(=O)NC1C(=O)N2C(C(=O)[O-])=C(C=CC[n+]3cccc4c3C(C)C4)CS[C@@H]12)c1nsc(N)n1. The van der Waals surface area contributed by atoms with Gasteiger partial charge >= 0.3 is 0 Å². The van der Waals surface area contributed by atoms with Gasteiger partial charge in [0.1, 0.15) is 18.5 Å². The Balaban J connectivity index is 1.31. The number of hydrogen-bond donors (Lipinski definition) is 2. The maximum absolute atomic E-state index is 13.0. The van der Waals surface area contributed by atoms with Crippen LogP contribution in [0, 0.1) is 0 Å². The fourth-order valence-corrected chi connectivity index (χ4v) is 6.48. The second-order valence-electron chi connectivity index (χ2n) is 8.68. The molecule has 1 aliphatic carbocycles. The molecule has 2 aromatic rings. The Bertz CT molecular complexity index is 1390. The highest BCUT2D eigenvalue weighted by molar-refractivity contribution is 8.00.